The van der Waals surface area contributed by atoms with E-state index < -0.39 is 23.1 Å². The van der Waals surface area contributed by atoms with E-state index in [1.54, 1.807) is 24.3 Å². The molecular formula is C26H35N5O6S. The number of hydrogen-bond acceptors (Lipinski definition) is 6. The van der Waals surface area contributed by atoms with Crippen molar-refractivity contribution in [3.8, 4) is 0 Å². The Bertz CT molecular complexity index is 1080. The second kappa shape index (κ2) is 13.9. The van der Waals surface area contributed by atoms with E-state index in [0.717, 1.165) is 32.1 Å². The number of aliphatic carboxylic acids is 2. The molecule has 1 aliphatic carbocycles. The second-order valence-electron chi connectivity index (χ2n) is 9.45. The summed E-state index contributed by atoms with van der Waals surface area (Å²) in [6.07, 6.45) is 5.49. The zero-order valence-corrected chi connectivity index (χ0v) is 22.3. The van der Waals surface area contributed by atoms with Crippen LogP contribution in [-0.2, 0) is 14.4 Å². The maximum Gasteiger partial charge on any atom is 0.305 e. The molecular weight excluding hydrogens is 510 g/mol. The van der Waals surface area contributed by atoms with Crippen LogP contribution in [0.25, 0.3) is 0 Å². The van der Waals surface area contributed by atoms with Crippen LogP contribution in [0.1, 0.15) is 74.2 Å². The van der Waals surface area contributed by atoms with Gasteiger partial charge in [-0.25, -0.2) is 0 Å². The molecule has 2 atom stereocenters. The van der Waals surface area contributed by atoms with Gasteiger partial charge in [-0.15, -0.1) is 0 Å². The molecule has 0 spiro atoms. The number of rotatable bonds is 11. The summed E-state index contributed by atoms with van der Waals surface area (Å²) in [7, 11) is 0. The first-order valence-electron chi connectivity index (χ1n) is 12.9. The van der Waals surface area contributed by atoms with Crippen molar-refractivity contribution >= 4 is 46.5 Å². The van der Waals surface area contributed by atoms with E-state index in [1.807, 2.05) is 6.92 Å². The van der Waals surface area contributed by atoms with Gasteiger partial charge >= 0.3 is 11.9 Å². The van der Waals surface area contributed by atoms with Crippen molar-refractivity contribution in [2.24, 2.45) is 15.7 Å². The van der Waals surface area contributed by atoms with Crippen molar-refractivity contribution < 1.29 is 29.4 Å². The Morgan fingerprint density at radius 2 is 1.66 bits per heavy atom. The number of aliphatic imine (C=N–C) groups is 2. The standard InChI is InChI=1S/C26H35N5O6S/c1-16-22(25(37)29-15-13-21(34)35)38-26(31(16)19-6-3-2-4-7-19)30-24(36)18-11-9-17(10-12-18)23(27)28-14-5-8-20(32)33/h9-12,16,19,22H,2-8,13-15H2,1H3,(H2,27,28)(H,29,37)(H,32,33)(H,34,35). The van der Waals surface area contributed by atoms with Gasteiger partial charge in [-0.05, 0) is 38.3 Å². The molecule has 2 fully saturated rings. The first-order valence-corrected chi connectivity index (χ1v) is 13.7. The Kier molecular flexibility index (Phi) is 10.7. The third-order valence-corrected chi connectivity index (χ3v) is 8.03. The van der Waals surface area contributed by atoms with Crippen LogP contribution in [0.3, 0.4) is 0 Å². The average molecular weight is 546 g/mol. The van der Waals surface area contributed by atoms with Crippen LogP contribution in [-0.4, -0.2) is 80.3 Å². The van der Waals surface area contributed by atoms with E-state index in [0.29, 0.717) is 29.3 Å². The van der Waals surface area contributed by atoms with Crippen LogP contribution in [0.5, 0.6) is 0 Å². The number of benzene rings is 1. The summed E-state index contributed by atoms with van der Waals surface area (Å²) in [4.78, 5) is 58.1. The maximum absolute atomic E-state index is 13.1. The summed E-state index contributed by atoms with van der Waals surface area (Å²) < 4.78 is 0. The minimum atomic E-state index is -0.980. The SMILES string of the molecule is CC1C(C(=O)NCCC(=O)O)SC(=NC(=O)c2ccc(C(N)=NCCCC(=O)O)cc2)N1C1CCCCC1. The Morgan fingerprint density at radius 3 is 2.29 bits per heavy atom. The molecule has 2 amide bonds. The number of carbonyl (C=O) groups excluding carboxylic acids is 2. The number of nitrogens with zero attached hydrogens (tertiary/aromatic N) is 3. The Morgan fingerprint density at radius 1 is 1.03 bits per heavy atom. The van der Waals surface area contributed by atoms with Crippen LogP contribution >= 0.6 is 11.8 Å². The van der Waals surface area contributed by atoms with Crippen LogP contribution in [0, 0.1) is 0 Å². The summed E-state index contributed by atoms with van der Waals surface area (Å²) in [5, 5.41) is 20.3. The molecule has 1 saturated heterocycles. The number of thioether (sulfide) groups is 1. The number of hydrogen-bond donors (Lipinski definition) is 4. The molecule has 1 aromatic carbocycles. The van der Waals surface area contributed by atoms with Crippen LogP contribution in [0.4, 0.5) is 0 Å². The number of amidine groups is 2. The quantitative estimate of drug-likeness (QED) is 0.185. The lowest BCUT2D eigenvalue weighted by atomic mass is 9.93. The van der Waals surface area contributed by atoms with Gasteiger partial charge < -0.3 is 26.2 Å². The molecule has 1 saturated carbocycles. The molecule has 0 radical (unpaired) electrons. The number of amides is 2. The fourth-order valence-corrected chi connectivity index (χ4v) is 5.97. The van der Waals surface area contributed by atoms with Gasteiger partial charge in [0.1, 0.15) is 11.1 Å². The number of carboxylic acids is 2. The van der Waals surface area contributed by atoms with Crippen molar-refractivity contribution in [2.75, 3.05) is 13.1 Å². The van der Waals surface area contributed by atoms with Gasteiger partial charge in [0.25, 0.3) is 5.91 Å². The van der Waals surface area contributed by atoms with E-state index >= 15 is 0 Å². The van der Waals surface area contributed by atoms with Crippen LogP contribution < -0.4 is 11.1 Å². The van der Waals surface area contributed by atoms with Gasteiger partial charge in [-0.2, -0.15) is 4.99 Å². The van der Waals surface area contributed by atoms with Gasteiger partial charge in [-0.1, -0.05) is 43.2 Å². The molecule has 1 heterocycles. The molecule has 2 aliphatic rings. The van der Waals surface area contributed by atoms with E-state index in [9.17, 15) is 19.2 Å². The first kappa shape index (κ1) is 29.2. The van der Waals surface area contributed by atoms with Gasteiger partial charge in [0, 0.05) is 42.7 Å². The number of carboxylic acid groups (broad SMARTS) is 2. The largest absolute Gasteiger partial charge is 0.481 e. The van der Waals surface area contributed by atoms with Crippen LogP contribution in [0.15, 0.2) is 34.3 Å². The molecule has 2 unspecified atom stereocenters. The lowest BCUT2D eigenvalue weighted by molar-refractivity contribution is -0.138. The summed E-state index contributed by atoms with van der Waals surface area (Å²) >= 11 is 1.25. The lowest BCUT2D eigenvalue weighted by Gasteiger charge is -2.36. The minimum absolute atomic E-state index is 0.0178. The molecule has 206 valence electrons. The Balaban J connectivity index is 1.74. The van der Waals surface area contributed by atoms with Crippen molar-refractivity contribution in [2.45, 2.75) is 75.6 Å². The normalized spacial score (nSPS) is 21.4. The molecule has 38 heavy (non-hydrogen) atoms. The van der Waals surface area contributed by atoms with Crippen LogP contribution in [0.2, 0.25) is 0 Å². The summed E-state index contributed by atoms with van der Waals surface area (Å²) in [6, 6.07) is 6.57. The zero-order chi connectivity index (χ0) is 27.7. The maximum atomic E-state index is 13.1. The number of nitrogens with two attached hydrogens (primary N) is 1. The van der Waals surface area contributed by atoms with Crippen molar-refractivity contribution in [1.82, 2.24) is 10.2 Å². The van der Waals surface area contributed by atoms with Gasteiger partial charge in [-0.3, -0.25) is 24.2 Å². The third kappa shape index (κ3) is 8.04. The minimum Gasteiger partial charge on any atom is -0.481 e. The van der Waals surface area contributed by atoms with E-state index in [-0.39, 0.29) is 43.2 Å². The number of nitrogens with one attached hydrogen (secondary N) is 1. The lowest BCUT2D eigenvalue weighted by Crippen LogP contribution is -2.47. The monoisotopic (exact) mass is 545 g/mol. The van der Waals surface area contributed by atoms with Crippen molar-refractivity contribution in [3.63, 3.8) is 0 Å². The fraction of sp³-hybridized carbons (Fsp3) is 0.538. The predicted molar refractivity (Wildman–Crippen MR) is 145 cm³/mol. The van der Waals surface area contributed by atoms with E-state index in [1.165, 1.54) is 11.8 Å². The Labute approximate surface area is 226 Å². The van der Waals surface area contributed by atoms with E-state index in [4.69, 9.17) is 15.9 Å². The summed E-state index contributed by atoms with van der Waals surface area (Å²) in [5.74, 6) is -2.29. The fourth-order valence-electron chi connectivity index (χ4n) is 4.65. The smallest absolute Gasteiger partial charge is 0.305 e. The second-order valence-corrected chi connectivity index (χ2v) is 10.6. The van der Waals surface area contributed by atoms with Crippen molar-refractivity contribution in [3.05, 3.63) is 35.4 Å². The average Bonchev–Trinajstić information content (AvgIpc) is 3.22. The highest BCUT2D eigenvalue weighted by atomic mass is 32.2. The summed E-state index contributed by atoms with van der Waals surface area (Å²) in [5.41, 5.74) is 6.98. The highest BCUT2D eigenvalue weighted by molar-refractivity contribution is 8.15. The number of carbonyl (C=O) groups is 4. The molecule has 1 aliphatic heterocycles. The van der Waals surface area contributed by atoms with Gasteiger partial charge in [0.2, 0.25) is 5.91 Å². The topological polar surface area (TPSA) is 175 Å². The zero-order valence-electron chi connectivity index (χ0n) is 21.5. The molecule has 0 bridgehead atoms. The molecule has 12 heteroatoms. The molecule has 1 aromatic rings. The highest BCUT2D eigenvalue weighted by Crippen LogP contribution is 2.37. The summed E-state index contributed by atoms with van der Waals surface area (Å²) in [6.45, 7) is 2.29. The van der Waals surface area contributed by atoms with Crippen molar-refractivity contribution in [1.29, 1.82) is 0 Å². The third-order valence-electron chi connectivity index (χ3n) is 6.65. The molecule has 11 nitrogen and oxygen atoms in total. The van der Waals surface area contributed by atoms with E-state index in [2.05, 4.69) is 20.2 Å². The molecule has 0 aromatic heterocycles. The highest BCUT2D eigenvalue weighted by Gasteiger charge is 2.44. The predicted octanol–water partition coefficient (Wildman–Crippen LogP) is 2.48. The molecule has 5 N–H and O–H groups in total. The first-order chi connectivity index (χ1) is 18.2. The Hall–Kier alpha value is -3.41. The van der Waals surface area contributed by atoms with Gasteiger partial charge in [0.05, 0.1) is 6.42 Å². The molecule has 3 rings (SSSR count). The van der Waals surface area contributed by atoms with Gasteiger partial charge in [0.15, 0.2) is 5.17 Å².